The maximum Gasteiger partial charge on any atom is 0.155 e. The van der Waals surface area contributed by atoms with Crippen molar-refractivity contribution in [3.05, 3.63) is 70.9 Å². The van der Waals surface area contributed by atoms with E-state index in [-0.39, 0.29) is 0 Å². The minimum Gasteiger partial charge on any atom is -0.298 e. The van der Waals surface area contributed by atoms with Crippen molar-refractivity contribution in [2.45, 2.75) is 19.8 Å². The van der Waals surface area contributed by atoms with E-state index in [1.807, 2.05) is 42.5 Å². The van der Waals surface area contributed by atoms with Crippen LogP contribution in [0.1, 0.15) is 35.7 Å². The van der Waals surface area contributed by atoms with Gasteiger partial charge in [-0.1, -0.05) is 67.9 Å². The highest BCUT2D eigenvalue weighted by Gasteiger charge is 2.18. The van der Waals surface area contributed by atoms with E-state index in [1.54, 1.807) is 4.68 Å². The molecule has 116 valence electrons. The molecule has 0 unspecified atom stereocenters. The molecule has 0 saturated carbocycles. The molecule has 3 rings (SSSR count). The first-order valence-electron chi connectivity index (χ1n) is 7.51. The maximum absolute atomic E-state index is 11.5. The predicted octanol–water partition coefficient (Wildman–Crippen LogP) is 5.13. The highest BCUT2D eigenvalue weighted by molar-refractivity contribution is 6.32. The number of carbonyl (C=O) groups excluding carboxylic acids is 1. The summed E-state index contributed by atoms with van der Waals surface area (Å²) in [5.74, 6) is 0.458. The van der Waals surface area contributed by atoms with Crippen molar-refractivity contribution in [3.63, 3.8) is 0 Å². The fraction of sp³-hybridized carbons (Fsp3) is 0.158. The molecule has 0 radical (unpaired) electrons. The second-order valence-corrected chi connectivity index (χ2v) is 6.05. The number of benzene rings is 2. The van der Waals surface area contributed by atoms with E-state index in [4.69, 9.17) is 11.6 Å². The quantitative estimate of drug-likeness (QED) is 0.624. The molecule has 0 bridgehead atoms. The van der Waals surface area contributed by atoms with Crippen molar-refractivity contribution in [3.8, 4) is 16.9 Å². The Hall–Kier alpha value is -2.39. The molecule has 0 amide bonds. The monoisotopic (exact) mass is 324 g/mol. The fourth-order valence-corrected chi connectivity index (χ4v) is 2.76. The molecule has 1 aromatic heterocycles. The first-order chi connectivity index (χ1) is 11.1. The zero-order valence-electron chi connectivity index (χ0n) is 13.0. The predicted molar refractivity (Wildman–Crippen MR) is 93.5 cm³/mol. The molecular weight excluding hydrogens is 308 g/mol. The standard InChI is InChI=1S/C19H17ClN2O/c1-13(2)14-8-10-15(11-9-14)18-17(12-23)19(20)22(21-18)16-6-4-3-5-7-16/h3-13H,1-2H3. The van der Waals surface area contributed by atoms with E-state index >= 15 is 0 Å². The number of halogens is 1. The van der Waals surface area contributed by atoms with Gasteiger partial charge in [-0.25, -0.2) is 4.68 Å². The number of hydrogen-bond donors (Lipinski definition) is 0. The lowest BCUT2D eigenvalue weighted by molar-refractivity contribution is 0.112. The fourth-order valence-electron chi connectivity index (χ4n) is 2.49. The third-order valence-electron chi connectivity index (χ3n) is 3.83. The molecule has 0 fully saturated rings. The van der Waals surface area contributed by atoms with Crippen molar-refractivity contribution in [2.24, 2.45) is 0 Å². The zero-order chi connectivity index (χ0) is 16.4. The Kier molecular flexibility index (Phi) is 4.30. The van der Waals surface area contributed by atoms with Gasteiger partial charge in [-0.05, 0) is 23.6 Å². The van der Waals surface area contributed by atoms with Gasteiger partial charge in [-0.15, -0.1) is 0 Å². The van der Waals surface area contributed by atoms with Gasteiger partial charge < -0.3 is 0 Å². The number of para-hydroxylation sites is 1. The average Bonchev–Trinajstić information content (AvgIpc) is 2.92. The van der Waals surface area contributed by atoms with Crippen LogP contribution in [0.3, 0.4) is 0 Å². The van der Waals surface area contributed by atoms with Crippen LogP contribution in [0, 0.1) is 0 Å². The van der Waals surface area contributed by atoms with Gasteiger partial charge in [0.1, 0.15) is 10.8 Å². The molecule has 0 aliphatic carbocycles. The molecule has 0 spiro atoms. The number of nitrogens with zero attached hydrogens (tertiary/aromatic N) is 2. The van der Waals surface area contributed by atoms with E-state index in [0.717, 1.165) is 17.5 Å². The number of carbonyl (C=O) groups is 1. The molecule has 0 saturated heterocycles. The molecule has 0 aliphatic rings. The Bertz CT molecular complexity index is 821. The smallest absolute Gasteiger partial charge is 0.155 e. The van der Waals surface area contributed by atoms with E-state index in [0.29, 0.717) is 22.3 Å². The lowest BCUT2D eigenvalue weighted by Crippen LogP contribution is -1.96. The Morgan fingerprint density at radius 2 is 1.70 bits per heavy atom. The molecule has 3 aromatic rings. The molecule has 1 heterocycles. The Morgan fingerprint density at radius 1 is 1.04 bits per heavy atom. The third-order valence-corrected chi connectivity index (χ3v) is 4.20. The molecule has 0 aliphatic heterocycles. The van der Waals surface area contributed by atoms with E-state index in [1.165, 1.54) is 5.56 Å². The molecule has 0 N–H and O–H groups in total. The van der Waals surface area contributed by atoms with Gasteiger partial charge >= 0.3 is 0 Å². The molecule has 2 aromatic carbocycles. The Morgan fingerprint density at radius 3 is 2.26 bits per heavy atom. The van der Waals surface area contributed by atoms with Crippen LogP contribution in [0.15, 0.2) is 54.6 Å². The SMILES string of the molecule is CC(C)c1ccc(-c2nn(-c3ccccc3)c(Cl)c2C=O)cc1. The summed E-state index contributed by atoms with van der Waals surface area (Å²) >= 11 is 6.36. The zero-order valence-corrected chi connectivity index (χ0v) is 13.8. The third kappa shape index (κ3) is 2.92. The number of hydrogen-bond acceptors (Lipinski definition) is 2. The van der Waals surface area contributed by atoms with Crippen LogP contribution in [0.25, 0.3) is 16.9 Å². The second-order valence-electron chi connectivity index (χ2n) is 5.70. The van der Waals surface area contributed by atoms with Crippen LogP contribution < -0.4 is 0 Å². The lowest BCUT2D eigenvalue weighted by Gasteiger charge is -2.06. The van der Waals surface area contributed by atoms with Gasteiger partial charge in [-0.3, -0.25) is 4.79 Å². The highest BCUT2D eigenvalue weighted by Crippen LogP contribution is 2.30. The van der Waals surface area contributed by atoms with Gasteiger partial charge in [-0.2, -0.15) is 5.10 Å². The average molecular weight is 325 g/mol. The molecule has 23 heavy (non-hydrogen) atoms. The van der Waals surface area contributed by atoms with Gasteiger partial charge in [0, 0.05) is 5.56 Å². The van der Waals surface area contributed by atoms with Crippen LogP contribution in [0.2, 0.25) is 5.15 Å². The number of aldehydes is 1. The normalized spacial score (nSPS) is 11.0. The summed E-state index contributed by atoms with van der Waals surface area (Å²) in [5.41, 5.74) is 3.96. The van der Waals surface area contributed by atoms with Gasteiger partial charge in [0.2, 0.25) is 0 Å². The molecule has 3 nitrogen and oxygen atoms in total. The van der Waals surface area contributed by atoms with Crippen LogP contribution in [0.4, 0.5) is 0 Å². The Balaban J connectivity index is 2.11. The van der Waals surface area contributed by atoms with Gasteiger partial charge in [0.05, 0.1) is 11.3 Å². The summed E-state index contributed by atoms with van der Waals surface area (Å²) in [6.45, 7) is 4.29. The summed E-state index contributed by atoms with van der Waals surface area (Å²) < 4.78 is 1.59. The van der Waals surface area contributed by atoms with Gasteiger partial charge in [0.15, 0.2) is 6.29 Å². The highest BCUT2D eigenvalue weighted by atomic mass is 35.5. The first kappa shape index (κ1) is 15.5. The van der Waals surface area contributed by atoms with E-state index in [2.05, 4.69) is 31.1 Å². The summed E-state index contributed by atoms with van der Waals surface area (Å²) in [6, 6.07) is 17.6. The van der Waals surface area contributed by atoms with Gasteiger partial charge in [0.25, 0.3) is 0 Å². The summed E-state index contributed by atoms with van der Waals surface area (Å²) in [7, 11) is 0. The van der Waals surface area contributed by atoms with Crippen LogP contribution in [0.5, 0.6) is 0 Å². The number of rotatable bonds is 4. The van der Waals surface area contributed by atoms with E-state index < -0.39 is 0 Å². The minimum absolute atomic E-state index is 0.328. The van der Waals surface area contributed by atoms with Crippen molar-refractivity contribution in [2.75, 3.05) is 0 Å². The van der Waals surface area contributed by atoms with Crippen LogP contribution in [-0.2, 0) is 0 Å². The summed E-state index contributed by atoms with van der Waals surface area (Å²) in [5, 5.41) is 4.88. The van der Waals surface area contributed by atoms with E-state index in [9.17, 15) is 4.79 Å². The topological polar surface area (TPSA) is 34.9 Å². The van der Waals surface area contributed by atoms with Crippen molar-refractivity contribution in [1.29, 1.82) is 0 Å². The van der Waals surface area contributed by atoms with Crippen molar-refractivity contribution in [1.82, 2.24) is 9.78 Å². The van der Waals surface area contributed by atoms with Crippen molar-refractivity contribution >= 4 is 17.9 Å². The minimum atomic E-state index is 0.328. The van der Waals surface area contributed by atoms with Crippen LogP contribution in [-0.4, -0.2) is 16.1 Å². The molecule has 0 atom stereocenters. The van der Waals surface area contributed by atoms with Crippen molar-refractivity contribution < 1.29 is 4.79 Å². The first-order valence-corrected chi connectivity index (χ1v) is 7.89. The lowest BCUT2D eigenvalue weighted by atomic mass is 10.00. The Labute approximate surface area is 140 Å². The maximum atomic E-state index is 11.5. The summed E-state index contributed by atoms with van der Waals surface area (Å²) in [6.07, 6.45) is 0.764. The molecular formula is C19H17ClN2O. The summed E-state index contributed by atoms with van der Waals surface area (Å²) in [4.78, 5) is 11.5. The number of aromatic nitrogens is 2. The molecule has 4 heteroatoms. The second kappa shape index (κ2) is 6.39. The largest absolute Gasteiger partial charge is 0.298 e. The van der Waals surface area contributed by atoms with Crippen LogP contribution >= 0.6 is 11.6 Å².